The van der Waals surface area contributed by atoms with Crippen molar-refractivity contribution in [1.82, 2.24) is 26.0 Å². The zero-order chi connectivity index (χ0) is 24.6. The number of unbranched alkanes of at least 4 members (excludes halogenated alkanes) is 1. The van der Waals surface area contributed by atoms with E-state index in [9.17, 15) is 0 Å². The Bertz CT molecular complexity index is 993. The molecule has 0 amide bonds. The molecule has 0 aliphatic carbocycles. The van der Waals surface area contributed by atoms with Gasteiger partial charge in [-0.3, -0.25) is 9.80 Å². The predicted octanol–water partition coefficient (Wildman–Crippen LogP) is 4.65. The normalized spacial score (nSPS) is 23.8. The van der Waals surface area contributed by atoms with E-state index in [1.165, 1.54) is 11.1 Å². The molecule has 7 nitrogen and oxygen atoms in total. The van der Waals surface area contributed by atoms with Crippen molar-refractivity contribution in [3.63, 3.8) is 0 Å². The number of guanidine groups is 1. The maximum atomic E-state index is 4.98. The molecule has 1 unspecified atom stereocenters. The largest absolute Gasteiger partial charge is 0.367 e. The Labute approximate surface area is 210 Å². The van der Waals surface area contributed by atoms with E-state index in [1.807, 2.05) is 0 Å². The molecule has 3 N–H and O–H groups in total. The van der Waals surface area contributed by atoms with Gasteiger partial charge in [0.05, 0.1) is 0 Å². The number of piperidine rings is 1. The lowest BCUT2D eigenvalue weighted by atomic mass is 10.0. The van der Waals surface area contributed by atoms with E-state index >= 15 is 0 Å². The molecule has 0 aromatic heterocycles. The number of hydrogen-bond acceptors (Lipinski definition) is 6. The summed E-state index contributed by atoms with van der Waals surface area (Å²) in [6, 6.07) is 11.5. The molecule has 1 aromatic rings. The Morgan fingerprint density at radius 3 is 2.63 bits per heavy atom. The first-order valence-electron chi connectivity index (χ1n) is 13.1. The molecule has 3 heterocycles. The number of rotatable bonds is 7. The maximum Gasteiger partial charge on any atom is 0.237 e. The van der Waals surface area contributed by atoms with Crippen molar-refractivity contribution in [2.24, 2.45) is 9.98 Å². The van der Waals surface area contributed by atoms with E-state index in [0.29, 0.717) is 18.0 Å². The number of nitrogens with one attached hydrogen (secondary N) is 3. The van der Waals surface area contributed by atoms with Crippen LogP contribution in [-0.2, 0) is 6.54 Å². The minimum absolute atomic E-state index is 0.360. The van der Waals surface area contributed by atoms with Gasteiger partial charge in [0.15, 0.2) is 0 Å². The van der Waals surface area contributed by atoms with Gasteiger partial charge in [0.2, 0.25) is 5.96 Å². The summed E-state index contributed by atoms with van der Waals surface area (Å²) in [5.74, 6) is 2.54. The Morgan fingerprint density at radius 2 is 1.97 bits per heavy atom. The summed E-state index contributed by atoms with van der Waals surface area (Å²) in [5.41, 5.74) is 10.2. The summed E-state index contributed by atoms with van der Waals surface area (Å²) in [4.78, 5) is 14.6. The van der Waals surface area contributed by atoms with Gasteiger partial charge in [0.1, 0.15) is 11.7 Å². The summed E-state index contributed by atoms with van der Waals surface area (Å²) >= 11 is 0. The molecule has 35 heavy (non-hydrogen) atoms. The topological polar surface area (TPSA) is 67.3 Å². The fourth-order valence-electron chi connectivity index (χ4n) is 4.59. The van der Waals surface area contributed by atoms with E-state index in [0.717, 1.165) is 69.1 Å². The molecule has 0 bridgehead atoms. The van der Waals surface area contributed by atoms with Crippen molar-refractivity contribution >= 4 is 11.8 Å². The second-order valence-electron chi connectivity index (χ2n) is 10.0. The summed E-state index contributed by atoms with van der Waals surface area (Å²) in [7, 11) is 0. The number of benzene rings is 1. The van der Waals surface area contributed by atoms with Crippen LogP contribution in [0.15, 0.2) is 75.8 Å². The van der Waals surface area contributed by atoms with Gasteiger partial charge in [-0.25, -0.2) is 5.43 Å². The lowest BCUT2D eigenvalue weighted by Crippen LogP contribution is -2.42. The first kappa shape index (κ1) is 25.2. The van der Waals surface area contributed by atoms with Crippen molar-refractivity contribution in [2.75, 3.05) is 13.1 Å². The Morgan fingerprint density at radius 1 is 1.20 bits per heavy atom. The van der Waals surface area contributed by atoms with Crippen LogP contribution in [0.3, 0.4) is 0 Å². The number of hydrazine groups is 1. The second kappa shape index (κ2) is 12.2. The predicted molar refractivity (Wildman–Crippen MR) is 145 cm³/mol. The third-order valence-electron chi connectivity index (χ3n) is 6.41. The molecule has 4 rings (SSSR count). The fraction of sp³-hybridized carbons (Fsp3) is 0.500. The second-order valence-corrected chi connectivity index (χ2v) is 10.0. The zero-order valence-corrected chi connectivity index (χ0v) is 21.7. The first-order chi connectivity index (χ1) is 17.0. The highest BCUT2D eigenvalue weighted by Crippen LogP contribution is 2.23. The van der Waals surface area contributed by atoms with Gasteiger partial charge in [0.25, 0.3) is 0 Å². The van der Waals surface area contributed by atoms with E-state index in [-0.39, 0.29) is 0 Å². The van der Waals surface area contributed by atoms with Crippen LogP contribution >= 0.6 is 0 Å². The van der Waals surface area contributed by atoms with E-state index in [4.69, 9.17) is 9.98 Å². The van der Waals surface area contributed by atoms with E-state index in [1.54, 1.807) is 0 Å². The van der Waals surface area contributed by atoms with Crippen LogP contribution in [-0.4, -0.2) is 46.8 Å². The van der Waals surface area contributed by atoms with Crippen molar-refractivity contribution in [3.05, 3.63) is 71.3 Å². The highest BCUT2D eigenvalue weighted by Gasteiger charge is 2.25. The van der Waals surface area contributed by atoms with Crippen LogP contribution in [0.25, 0.3) is 0 Å². The monoisotopic (exact) mass is 475 g/mol. The molecule has 0 saturated carbocycles. The summed E-state index contributed by atoms with van der Waals surface area (Å²) in [5, 5.41) is 3.74. The Hall–Kier alpha value is -2.90. The molecule has 7 heteroatoms. The minimum Gasteiger partial charge on any atom is -0.367 e. The summed E-state index contributed by atoms with van der Waals surface area (Å²) in [6.45, 7) is 11.8. The van der Waals surface area contributed by atoms with E-state index in [2.05, 4.69) is 102 Å². The van der Waals surface area contributed by atoms with Gasteiger partial charge in [0, 0.05) is 56.1 Å². The van der Waals surface area contributed by atoms with Gasteiger partial charge >= 0.3 is 0 Å². The van der Waals surface area contributed by atoms with Crippen LogP contribution in [0.4, 0.5) is 0 Å². The average molecular weight is 476 g/mol. The molecule has 188 valence electrons. The fourth-order valence-corrected chi connectivity index (χ4v) is 4.59. The lowest BCUT2D eigenvalue weighted by molar-refractivity contribution is 0.195. The average Bonchev–Trinajstić information content (AvgIpc) is 3.25. The molecule has 1 atom stereocenters. The first-order valence-corrected chi connectivity index (χ1v) is 13.1. The highest BCUT2D eigenvalue weighted by atomic mass is 15.4. The van der Waals surface area contributed by atoms with Crippen molar-refractivity contribution < 1.29 is 0 Å². The van der Waals surface area contributed by atoms with Gasteiger partial charge in [-0.15, -0.1) is 0 Å². The zero-order valence-electron chi connectivity index (χ0n) is 21.7. The Balaban J connectivity index is 1.48. The third kappa shape index (κ3) is 7.29. The molecule has 0 spiro atoms. The van der Waals surface area contributed by atoms with Crippen LogP contribution in [0.5, 0.6) is 0 Å². The smallest absolute Gasteiger partial charge is 0.237 e. The summed E-state index contributed by atoms with van der Waals surface area (Å²) in [6.07, 6.45) is 11.8. The van der Waals surface area contributed by atoms with Crippen LogP contribution in [0, 0.1) is 0 Å². The van der Waals surface area contributed by atoms with Gasteiger partial charge < -0.3 is 10.7 Å². The Kier molecular flexibility index (Phi) is 8.77. The molecule has 2 saturated heterocycles. The molecular formula is C28H41N7. The SMILES string of the molecule is CCC/C=C1\C=C(NC2CCN(Cc3ccccc3)CC2)N=C(/N=C2\CC(C)NN2)N1C=C(C)C. The van der Waals surface area contributed by atoms with E-state index < -0.39 is 0 Å². The molecule has 0 radical (unpaired) electrons. The standard InChI is InChI=1S/C28H41N7/c1-5-6-12-25-18-26(29-24-13-15-34(16-14-24)20-23-10-8-7-9-11-23)30-28(35(25)19-21(2)3)31-27-17-22(4)32-33-27/h7-12,18-19,22,24,29,32H,5-6,13-17,20H2,1-4H3,(H,30,31,33)/b25-12+. The molecular weight excluding hydrogens is 434 g/mol. The molecule has 1 aromatic carbocycles. The highest BCUT2D eigenvalue weighted by molar-refractivity contribution is 5.98. The number of amidine groups is 1. The third-order valence-corrected chi connectivity index (χ3v) is 6.41. The number of hydrogen-bond donors (Lipinski definition) is 3. The number of likely N-dealkylation sites (tertiary alicyclic amines) is 1. The van der Waals surface area contributed by atoms with Gasteiger partial charge in [-0.1, -0.05) is 55.3 Å². The number of aliphatic imine (C=N–C) groups is 2. The quantitative estimate of drug-likeness (QED) is 0.536. The lowest BCUT2D eigenvalue weighted by Gasteiger charge is -2.34. The van der Waals surface area contributed by atoms with Gasteiger partial charge in [-0.2, -0.15) is 9.98 Å². The van der Waals surface area contributed by atoms with Crippen molar-refractivity contribution in [2.45, 2.75) is 78.4 Å². The van der Waals surface area contributed by atoms with Crippen LogP contribution in [0.2, 0.25) is 0 Å². The van der Waals surface area contributed by atoms with Gasteiger partial charge in [-0.05, 0) is 45.6 Å². The minimum atomic E-state index is 0.360. The number of allylic oxidation sites excluding steroid dienone is 3. The van der Waals surface area contributed by atoms with Crippen molar-refractivity contribution in [3.8, 4) is 0 Å². The van der Waals surface area contributed by atoms with Crippen molar-refractivity contribution in [1.29, 1.82) is 0 Å². The molecule has 3 aliphatic rings. The molecule has 2 fully saturated rings. The maximum absolute atomic E-state index is 4.98. The van der Waals surface area contributed by atoms with Crippen LogP contribution in [0.1, 0.15) is 65.4 Å². The molecule has 3 aliphatic heterocycles. The van der Waals surface area contributed by atoms with Crippen LogP contribution < -0.4 is 16.2 Å². The number of nitrogens with zero attached hydrogens (tertiary/aromatic N) is 4. The summed E-state index contributed by atoms with van der Waals surface area (Å²) < 4.78 is 0.